The van der Waals surface area contributed by atoms with E-state index < -0.39 is 0 Å². The zero-order chi connectivity index (χ0) is 10.8. The molecule has 0 bridgehead atoms. The maximum Gasteiger partial charge on any atom is 0.126 e. The lowest BCUT2D eigenvalue weighted by Crippen LogP contribution is -2.38. The fourth-order valence-corrected chi connectivity index (χ4v) is 1.89. The van der Waals surface area contributed by atoms with Crippen molar-refractivity contribution < 1.29 is 9.47 Å². The Labute approximate surface area is 90.6 Å². The summed E-state index contributed by atoms with van der Waals surface area (Å²) in [6.45, 7) is 0.757. The Morgan fingerprint density at radius 2 is 2.20 bits per heavy atom. The summed E-state index contributed by atoms with van der Waals surface area (Å²) in [5.41, 5.74) is 1.19. The highest BCUT2D eigenvalue weighted by Crippen LogP contribution is 2.33. The van der Waals surface area contributed by atoms with Crippen LogP contribution in [0.1, 0.15) is 5.56 Å². The van der Waals surface area contributed by atoms with Crippen molar-refractivity contribution in [3.05, 3.63) is 23.8 Å². The summed E-state index contributed by atoms with van der Waals surface area (Å²) >= 11 is 0. The normalized spacial score (nSPS) is 19.6. The molecule has 3 heteroatoms. The second kappa shape index (κ2) is 4.11. The summed E-state index contributed by atoms with van der Waals surface area (Å²) in [5.74, 6) is 1.89. The Kier molecular flexibility index (Phi) is 2.82. The third-order valence-corrected chi connectivity index (χ3v) is 2.91. The van der Waals surface area contributed by atoms with Crippen LogP contribution in [0.3, 0.4) is 0 Å². The van der Waals surface area contributed by atoms with Crippen molar-refractivity contribution in [1.82, 2.24) is 4.90 Å². The molecule has 0 unspecified atom stereocenters. The molecular weight excluding hydrogens is 190 g/mol. The van der Waals surface area contributed by atoms with Gasteiger partial charge in [0.15, 0.2) is 0 Å². The van der Waals surface area contributed by atoms with Gasteiger partial charge in [-0.3, -0.25) is 0 Å². The van der Waals surface area contributed by atoms with E-state index in [4.69, 9.17) is 9.47 Å². The first-order chi connectivity index (χ1) is 7.22. The molecule has 0 fully saturated rings. The number of benzene rings is 1. The van der Waals surface area contributed by atoms with E-state index >= 15 is 0 Å². The molecule has 1 atom stereocenters. The number of methoxy groups -OCH3 is 1. The molecule has 15 heavy (non-hydrogen) atoms. The van der Waals surface area contributed by atoms with E-state index in [9.17, 15) is 0 Å². The lowest BCUT2D eigenvalue weighted by Gasteiger charge is -2.30. The van der Waals surface area contributed by atoms with Crippen LogP contribution in [0, 0.1) is 0 Å². The summed E-state index contributed by atoms with van der Waals surface area (Å²) in [4.78, 5) is 2.19. The van der Waals surface area contributed by atoms with Crippen molar-refractivity contribution in [2.45, 2.75) is 12.5 Å². The average molecular weight is 207 g/mol. The topological polar surface area (TPSA) is 21.7 Å². The molecule has 1 aromatic rings. The molecule has 0 radical (unpaired) electrons. The third kappa shape index (κ3) is 1.92. The molecule has 0 spiro atoms. The van der Waals surface area contributed by atoms with Gasteiger partial charge < -0.3 is 14.4 Å². The predicted octanol–water partition coefficient (Wildman–Crippen LogP) is 1.56. The van der Waals surface area contributed by atoms with Gasteiger partial charge in [-0.15, -0.1) is 0 Å². The first-order valence-electron chi connectivity index (χ1n) is 5.17. The van der Waals surface area contributed by atoms with Crippen LogP contribution in [0.25, 0.3) is 0 Å². The molecule has 0 saturated carbocycles. The van der Waals surface area contributed by atoms with Crippen molar-refractivity contribution in [1.29, 1.82) is 0 Å². The Balaban J connectivity index is 2.30. The predicted molar refractivity (Wildman–Crippen MR) is 59.7 cm³/mol. The van der Waals surface area contributed by atoms with Gasteiger partial charge in [-0.2, -0.15) is 0 Å². The number of ether oxygens (including phenoxy) is 2. The van der Waals surface area contributed by atoms with Gasteiger partial charge in [-0.25, -0.2) is 0 Å². The lowest BCUT2D eigenvalue weighted by atomic mass is 10.0. The summed E-state index contributed by atoms with van der Waals surface area (Å²) in [5, 5.41) is 0. The second-order valence-electron chi connectivity index (χ2n) is 4.07. The average Bonchev–Trinajstić information content (AvgIpc) is 2.27. The molecule has 0 amide bonds. The van der Waals surface area contributed by atoms with E-state index in [0.717, 1.165) is 24.5 Å². The molecular formula is C12H17NO2. The molecule has 1 aromatic carbocycles. The van der Waals surface area contributed by atoms with Crippen LogP contribution in [0.5, 0.6) is 11.5 Å². The number of hydrogen-bond donors (Lipinski definition) is 0. The summed E-state index contributed by atoms with van der Waals surface area (Å²) in [6, 6.07) is 6.39. The molecule has 82 valence electrons. The van der Waals surface area contributed by atoms with Crippen LogP contribution in [0.15, 0.2) is 18.2 Å². The largest absolute Gasteiger partial charge is 0.496 e. The van der Waals surface area contributed by atoms with Crippen LogP contribution in [0.2, 0.25) is 0 Å². The van der Waals surface area contributed by atoms with E-state index in [-0.39, 0.29) is 0 Å². The Bertz CT molecular complexity index is 335. The first kappa shape index (κ1) is 10.3. The monoisotopic (exact) mass is 207 g/mol. The molecule has 2 rings (SSSR count). The SMILES string of the molecule is COc1cccc2c1C[C@@H](N(C)C)CO2. The van der Waals surface area contributed by atoms with Gasteiger partial charge in [-0.1, -0.05) is 6.07 Å². The summed E-state index contributed by atoms with van der Waals surface area (Å²) in [6.07, 6.45) is 0.992. The molecule has 0 N–H and O–H groups in total. The number of hydrogen-bond acceptors (Lipinski definition) is 3. The van der Waals surface area contributed by atoms with Gasteiger partial charge >= 0.3 is 0 Å². The second-order valence-corrected chi connectivity index (χ2v) is 4.07. The van der Waals surface area contributed by atoms with E-state index in [1.807, 2.05) is 18.2 Å². The smallest absolute Gasteiger partial charge is 0.126 e. The Morgan fingerprint density at radius 1 is 1.40 bits per heavy atom. The zero-order valence-electron chi connectivity index (χ0n) is 9.49. The molecule has 1 aliphatic heterocycles. The molecule has 3 nitrogen and oxygen atoms in total. The maximum atomic E-state index is 5.72. The quantitative estimate of drug-likeness (QED) is 0.734. The highest BCUT2D eigenvalue weighted by molar-refractivity contribution is 5.46. The zero-order valence-corrected chi connectivity index (χ0v) is 9.49. The summed E-state index contributed by atoms with van der Waals surface area (Å²) in [7, 11) is 5.86. The van der Waals surface area contributed by atoms with Crippen LogP contribution in [-0.4, -0.2) is 38.8 Å². The van der Waals surface area contributed by atoms with E-state index in [1.165, 1.54) is 5.56 Å². The van der Waals surface area contributed by atoms with Gasteiger partial charge in [0.1, 0.15) is 18.1 Å². The maximum absolute atomic E-state index is 5.72. The highest BCUT2D eigenvalue weighted by atomic mass is 16.5. The van der Waals surface area contributed by atoms with Crippen molar-refractivity contribution in [3.63, 3.8) is 0 Å². The fourth-order valence-electron chi connectivity index (χ4n) is 1.89. The van der Waals surface area contributed by atoms with Gasteiger partial charge in [0.05, 0.1) is 7.11 Å². The van der Waals surface area contributed by atoms with E-state index in [2.05, 4.69) is 19.0 Å². The third-order valence-electron chi connectivity index (χ3n) is 2.91. The number of rotatable bonds is 2. The highest BCUT2D eigenvalue weighted by Gasteiger charge is 2.23. The minimum atomic E-state index is 0.439. The van der Waals surface area contributed by atoms with E-state index in [0.29, 0.717) is 6.04 Å². The lowest BCUT2D eigenvalue weighted by molar-refractivity contribution is 0.163. The Hall–Kier alpha value is -1.22. The van der Waals surface area contributed by atoms with Crippen molar-refractivity contribution >= 4 is 0 Å². The summed E-state index contributed by atoms with van der Waals surface area (Å²) < 4.78 is 11.1. The van der Waals surface area contributed by atoms with Crippen LogP contribution in [-0.2, 0) is 6.42 Å². The van der Waals surface area contributed by atoms with Crippen molar-refractivity contribution in [2.24, 2.45) is 0 Å². The number of nitrogens with zero attached hydrogens (tertiary/aromatic N) is 1. The van der Waals surface area contributed by atoms with Crippen molar-refractivity contribution in [2.75, 3.05) is 27.8 Å². The Morgan fingerprint density at radius 3 is 2.87 bits per heavy atom. The fraction of sp³-hybridized carbons (Fsp3) is 0.500. The number of likely N-dealkylation sites (N-methyl/N-ethyl adjacent to an activating group) is 1. The van der Waals surface area contributed by atoms with Crippen LogP contribution >= 0.6 is 0 Å². The minimum absolute atomic E-state index is 0.439. The van der Waals surface area contributed by atoms with Gasteiger partial charge in [0, 0.05) is 11.6 Å². The van der Waals surface area contributed by atoms with E-state index in [1.54, 1.807) is 7.11 Å². The molecule has 1 heterocycles. The van der Waals surface area contributed by atoms with Gasteiger partial charge in [-0.05, 0) is 32.6 Å². The molecule has 0 aliphatic carbocycles. The van der Waals surface area contributed by atoms with Crippen LogP contribution in [0.4, 0.5) is 0 Å². The van der Waals surface area contributed by atoms with Crippen LogP contribution < -0.4 is 9.47 Å². The standard InChI is InChI=1S/C12H17NO2/c1-13(2)9-7-10-11(14-3)5-4-6-12(10)15-8-9/h4-6,9H,7-8H2,1-3H3/t9-/m1/s1. The van der Waals surface area contributed by atoms with Gasteiger partial charge in [0.25, 0.3) is 0 Å². The van der Waals surface area contributed by atoms with Gasteiger partial charge in [0.2, 0.25) is 0 Å². The molecule has 0 saturated heterocycles. The minimum Gasteiger partial charge on any atom is -0.496 e. The number of fused-ring (bicyclic) bond motifs is 1. The molecule has 0 aromatic heterocycles. The molecule has 1 aliphatic rings. The first-order valence-corrected chi connectivity index (χ1v) is 5.17. The van der Waals surface area contributed by atoms with Crippen molar-refractivity contribution in [3.8, 4) is 11.5 Å².